The molecule has 0 aliphatic carbocycles. The van der Waals surface area contributed by atoms with E-state index >= 15 is 0 Å². The molecule has 0 bridgehead atoms. The fourth-order valence-electron chi connectivity index (χ4n) is 2.07. The van der Waals surface area contributed by atoms with Crippen LogP contribution in [0, 0.1) is 0 Å². The summed E-state index contributed by atoms with van der Waals surface area (Å²) in [5.41, 5.74) is 6.24. The van der Waals surface area contributed by atoms with Gasteiger partial charge in [-0.25, -0.2) is 4.68 Å². The van der Waals surface area contributed by atoms with Gasteiger partial charge in [-0.05, 0) is 7.05 Å². The number of hydrogen-bond acceptors (Lipinski definition) is 8. The average Bonchev–Trinajstić information content (AvgIpc) is 3.09. The number of rotatable bonds is 4. The molecular weight excluding hydrogens is 278 g/mol. The van der Waals surface area contributed by atoms with Gasteiger partial charge in [0, 0.05) is 24.6 Å². The fraction of sp³-hybridized carbons (Fsp3) is 0.636. The first-order chi connectivity index (χ1) is 9.76. The van der Waals surface area contributed by atoms with Crippen LogP contribution >= 0.6 is 11.8 Å². The fourth-order valence-corrected chi connectivity index (χ4v) is 3.28. The molecule has 0 spiro atoms. The van der Waals surface area contributed by atoms with Crippen LogP contribution < -0.4 is 5.73 Å². The van der Waals surface area contributed by atoms with Crippen molar-refractivity contribution >= 4 is 11.8 Å². The van der Waals surface area contributed by atoms with Crippen LogP contribution in [0.2, 0.25) is 0 Å². The van der Waals surface area contributed by atoms with E-state index in [1.165, 1.54) is 0 Å². The van der Waals surface area contributed by atoms with Gasteiger partial charge in [-0.3, -0.25) is 4.90 Å². The van der Waals surface area contributed by atoms with Gasteiger partial charge in [0.1, 0.15) is 6.54 Å². The van der Waals surface area contributed by atoms with Crippen LogP contribution in [0.25, 0.3) is 0 Å². The van der Waals surface area contributed by atoms with Crippen molar-refractivity contribution in [1.82, 2.24) is 30.0 Å². The Labute approximate surface area is 120 Å². The van der Waals surface area contributed by atoms with E-state index in [0.29, 0.717) is 19.0 Å². The minimum Gasteiger partial charge on any atom is -0.337 e. The number of hydrogen-bond donors (Lipinski definition) is 1. The highest BCUT2D eigenvalue weighted by molar-refractivity contribution is 7.99. The van der Waals surface area contributed by atoms with E-state index in [1.54, 1.807) is 10.9 Å². The molecule has 3 rings (SSSR count). The topological polar surface area (TPSA) is 98.9 Å². The van der Waals surface area contributed by atoms with Crippen LogP contribution in [0.4, 0.5) is 0 Å². The number of thioether (sulfide) groups is 1. The molecule has 9 heteroatoms. The zero-order chi connectivity index (χ0) is 13.9. The summed E-state index contributed by atoms with van der Waals surface area (Å²) < 4.78 is 6.95. The predicted octanol–water partition coefficient (Wildman–Crippen LogP) is -0.112. The van der Waals surface area contributed by atoms with Crippen LogP contribution in [0.5, 0.6) is 0 Å². The van der Waals surface area contributed by atoms with Gasteiger partial charge in [0.15, 0.2) is 5.82 Å². The van der Waals surface area contributed by atoms with Crippen molar-refractivity contribution < 1.29 is 4.52 Å². The van der Waals surface area contributed by atoms with Crippen LogP contribution in [-0.4, -0.2) is 55.1 Å². The lowest BCUT2D eigenvalue weighted by atomic mass is 10.3. The van der Waals surface area contributed by atoms with E-state index in [2.05, 4.69) is 32.4 Å². The third-order valence-corrected chi connectivity index (χ3v) is 4.29. The van der Waals surface area contributed by atoms with E-state index in [-0.39, 0.29) is 6.04 Å². The summed E-state index contributed by atoms with van der Waals surface area (Å²) in [6, 6.07) is 0.224. The van der Waals surface area contributed by atoms with E-state index in [0.717, 1.165) is 29.6 Å². The molecule has 108 valence electrons. The van der Waals surface area contributed by atoms with Crippen LogP contribution in [0.15, 0.2) is 10.7 Å². The molecule has 0 aromatic carbocycles. The summed E-state index contributed by atoms with van der Waals surface area (Å²) >= 11 is 1.92. The van der Waals surface area contributed by atoms with Gasteiger partial charge in [0.2, 0.25) is 5.89 Å². The molecule has 0 amide bonds. The normalized spacial score (nSPS) is 20.4. The molecule has 1 aliphatic rings. The second-order valence-corrected chi connectivity index (χ2v) is 5.88. The summed E-state index contributed by atoms with van der Waals surface area (Å²) in [6.07, 6.45) is 1.78. The molecule has 2 aromatic heterocycles. The van der Waals surface area contributed by atoms with Crippen molar-refractivity contribution in [3.05, 3.63) is 23.6 Å². The molecule has 3 heterocycles. The summed E-state index contributed by atoms with van der Waals surface area (Å²) in [5.74, 6) is 3.43. The zero-order valence-corrected chi connectivity index (χ0v) is 12.1. The van der Waals surface area contributed by atoms with Gasteiger partial charge in [0.05, 0.1) is 17.9 Å². The molecule has 1 aliphatic heterocycles. The molecule has 2 N–H and O–H groups in total. The van der Waals surface area contributed by atoms with E-state index in [4.69, 9.17) is 10.3 Å². The first-order valence-electron chi connectivity index (χ1n) is 6.46. The predicted molar refractivity (Wildman–Crippen MR) is 74.0 cm³/mol. The molecule has 0 saturated carbocycles. The molecule has 1 fully saturated rings. The number of aromatic nitrogens is 5. The Bertz CT molecular complexity index is 569. The van der Waals surface area contributed by atoms with Gasteiger partial charge in [-0.1, -0.05) is 10.4 Å². The summed E-state index contributed by atoms with van der Waals surface area (Å²) in [7, 11) is 2.09. The van der Waals surface area contributed by atoms with Crippen molar-refractivity contribution in [2.45, 2.75) is 19.1 Å². The number of nitrogens with two attached hydrogens (primary N) is 1. The first kappa shape index (κ1) is 13.5. The quantitative estimate of drug-likeness (QED) is 0.834. The smallest absolute Gasteiger partial charge is 0.248 e. The Morgan fingerprint density at radius 3 is 3.20 bits per heavy atom. The second-order valence-electron chi connectivity index (χ2n) is 4.73. The third kappa shape index (κ3) is 2.84. The van der Waals surface area contributed by atoms with E-state index < -0.39 is 0 Å². The maximum Gasteiger partial charge on any atom is 0.248 e. The minimum absolute atomic E-state index is 0.224. The lowest BCUT2D eigenvalue weighted by molar-refractivity contribution is 0.256. The summed E-state index contributed by atoms with van der Waals surface area (Å²) in [6.45, 7) is 1.84. The molecule has 1 saturated heterocycles. The van der Waals surface area contributed by atoms with Crippen molar-refractivity contribution in [1.29, 1.82) is 0 Å². The SMILES string of the molecule is CN1CCSCC1c1noc(Cn2cc(CN)nn2)n1. The van der Waals surface area contributed by atoms with Crippen molar-refractivity contribution in [2.75, 3.05) is 25.1 Å². The van der Waals surface area contributed by atoms with Crippen LogP contribution in [0.3, 0.4) is 0 Å². The monoisotopic (exact) mass is 295 g/mol. The third-order valence-electron chi connectivity index (χ3n) is 3.27. The minimum atomic E-state index is 0.224. The highest BCUT2D eigenvalue weighted by Crippen LogP contribution is 2.26. The van der Waals surface area contributed by atoms with Crippen LogP contribution in [-0.2, 0) is 13.1 Å². The van der Waals surface area contributed by atoms with Crippen molar-refractivity contribution in [3.8, 4) is 0 Å². The Morgan fingerprint density at radius 1 is 1.55 bits per heavy atom. The van der Waals surface area contributed by atoms with Gasteiger partial charge >= 0.3 is 0 Å². The van der Waals surface area contributed by atoms with Gasteiger partial charge in [-0.15, -0.1) is 5.10 Å². The van der Waals surface area contributed by atoms with E-state index in [9.17, 15) is 0 Å². The van der Waals surface area contributed by atoms with E-state index in [1.807, 2.05) is 11.8 Å². The van der Waals surface area contributed by atoms with Crippen molar-refractivity contribution in [2.24, 2.45) is 5.73 Å². The zero-order valence-electron chi connectivity index (χ0n) is 11.3. The Kier molecular flexibility index (Phi) is 3.99. The summed E-state index contributed by atoms with van der Waals surface area (Å²) in [5, 5.41) is 12.0. The maximum atomic E-state index is 5.50. The van der Waals surface area contributed by atoms with Crippen molar-refractivity contribution in [3.63, 3.8) is 0 Å². The lowest BCUT2D eigenvalue weighted by Crippen LogP contribution is -2.33. The highest BCUT2D eigenvalue weighted by Gasteiger charge is 2.25. The Morgan fingerprint density at radius 2 is 2.45 bits per heavy atom. The Hall–Kier alpha value is -1.45. The first-order valence-corrected chi connectivity index (χ1v) is 7.61. The molecule has 20 heavy (non-hydrogen) atoms. The Balaban J connectivity index is 1.69. The van der Waals surface area contributed by atoms with Crippen LogP contribution in [0.1, 0.15) is 23.5 Å². The molecule has 2 aromatic rings. The van der Waals surface area contributed by atoms with Gasteiger partial charge in [0.25, 0.3) is 0 Å². The second kappa shape index (κ2) is 5.90. The maximum absolute atomic E-state index is 5.50. The molecule has 8 nitrogen and oxygen atoms in total. The molecule has 1 atom stereocenters. The number of nitrogens with zero attached hydrogens (tertiary/aromatic N) is 6. The standard InChI is InChI=1S/C11H17N7OS/c1-17-2-3-20-7-9(17)11-13-10(19-15-11)6-18-5-8(4-12)14-16-18/h5,9H,2-4,6-7,12H2,1H3. The lowest BCUT2D eigenvalue weighted by Gasteiger charge is -2.29. The molecular formula is C11H17N7OS. The summed E-state index contributed by atoms with van der Waals surface area (Å²) in [4.78, 5) is 6.72. The van der Waals surface area contributed by atoms with Gasteiger partial charge in [-0.2, -0.15) is 16.7 Å². The average molecular weight is 295 g/mol. The van der Waals surface area contributed by atoms with Gasteiger partial charge < -0.3 is 10.3 Å². The molecule has 0 radical (unpaired) electrons. The molecule has 1 unspecified atom stereocenters. The largest absolute Gasteiger partial charge is 0.337 e. The highest BCUT2D eigenvalue weighted by atomic mass is 32.2.